The molecule has 0 aliphatic rings. The summed E-state index contributed by atoms with van der Waals surface area (Å²) in [5.74, 6) is -0.157. The summed E-state index contributed by atoms with van der Waals surface area (Å²) in [6.07, 6.45) is 9.36. The van der Waals surface area contributed by atoms with Gasteiger partial charge in [-0.05, 0) is 80.0 Å². The van der Waals surface area contributed by atoms with Crippen LogP contribution in [0.1, 0.15) is 68.0 Å². The Kier molecular flexibility index (Phi) is 8.33. The van der Waals surface area contributed by atoms with Crippen molar-refractivity contribution in [1.82, 2.24) is 19.9 Å². The molecular formula is C28H34N4O3. The van der Waals surface area contributed by atoms with Crippen LogP contribution < -0.4 is 10.9 Å². The number of pyridine rings is 3. The lowest BCUT2D eigenvalue weighted by atomic mass is 9.95. The molecule has 7 nitrogen and oxygen atoms in total. The Bertz CT molecular complexity index is 1260. The first-order valence-electron chi connectivity index (χ1n) is 11.9. The maximum Gasteiger partial charge on any atom is 0.251 e. The molecule has 0 unspecified atom stereocenters. The van der Waals surface area contributed by atoms with Gasteiger partial charge in [-0.1, -0.05) is 13.8 Å². The van der Waals surface area contributed by atoms with Crippen LogP contribution in [-0.2, 0) is 9.59 Å². The van der Waals surface area contributed by atoms with Gasteiger partial charge in [0.25, 0.3) is 5.56 Å². The number of carbonyl (C=O) groups is 2. The zero-order chi connectivity index (χ0) is 25.7. The normalized spacial score (nSPS) is 12.9. The number of carbonyl (C=O) groups excluding carboxylic acids is 2. The predicted octanol–water partition coefficient (Wildman–Crippen LogP) is 4.65. The van der Waals surface area contributed by atoms with Gasteiger partial charge in [-0.15, -0.1) is 0 Å². The molecule has 35 heavy (non-hydrogen) atoms. The van der Waals surface area contributed by atoms with Crippen molar-refractivity contribution < 1.29 is 9.59 Å². The highest BCUT2D eigenvalue weighted by molar-refractivity contribution is 5.83. The summed E-state index contributed by atoms with van der Waals surface area (Å²) in [6, 6.07) is 4.07. The van der Waals surface area contributed by atoms with Crippen LogP contribution in [0, 0.1) is 26.7 Å². The van der Waals surface area contributed by atoms with Gasteiger partial charge in [0.05, 0.1) is 6.04 Å². The lowest BCUT2D eigenvalue weighted by Gasteiger charge is -2.25. The Hall–Kier alpha value is -3.61. The fourth-order valence-corrected chi connectivity index (χ4v) is 4.39. The van der Waals surface area contributed by atoms with Crippen LogP contribution in [0.3, 0.4) is 0 Å². The van der Waals surface area contributed by atoms with E-state index in [1.54, 1.807) is 31.0 Å². The number of nitrogens with one attached hydrogen (secondary N) is 1. The second-order valence-electron chi connectivity index (χ2n) is 9.72. The Morgan fingerprint density at radius 2 is 1.66 bits per heavy atom. The molecule has 0 aliphatic carbocycles. The maximum absolute atomic E-state index is 13.5. The summed E-state index contributed by atoms with van der Waals surface area (Å²) < 4.78 is 1.48. The number of aromatic nitrogens is 3. The van der Waals surface area contributed by atoms with Crippen LogP contribution >= 0.6 is 0 Å². The summed E-state index contributed by atoms with van der Waals surface area (Å²) >= 11 is 0. The van der Waals surface area contributed by atoms with E-state index in [0.29, 0.717) is 6.42 Å². The van der Waals surface area contributed by atoms with Crippen LogP contribution in [0.5, 0.6) is 0 Å². The maximum atomic E-state index is 13.5. The molecule has 7 heteroatoms. The van der Waals surface area contributed by atoms with Crippen molar-refractivity contribution >= 4 is 11.7 Å². The van der Waals surface area contributed by atoms with Gasteiger partial charge in [0, 0.05) is 49.0 Å². The summed E-state index contributed by atoms with van der Waals surface area (Å²) in [6.45, 7) is 11.4. The second-order valence-corrected chi connectivity index (χ2v) is 9.72. The first kappa shape index (κ1) is 26.0. The lowest BCUT2D eigenvalue weighted by Crippen LogP contribution is -2.40. The van der Waals surface area contributed by atoms with E-state index in [1.165, 1.54) is 17.6 Å². The van der Waals surface area contributed by atoms with Gasteiger partial charge in [0.1, 0.15) is 11.8 Å². The number of hydrogen-bond acceptors (Lipinski definition) is 5. The van der Waals surface area contributed by atoms with Crippen molar-refractivity contribution in [1.29, 1.82) is 0 Å². The van der Waals surface area contributed by atoms with Crippen molar-refractivity contribution in [2.45, 2.75) is 66.5 Å². The lowest BCUT2D eigenvalue weighted by molar-refractivity contribution is -0.126. The molecule has 2 atom stereocenters. The molecule has 0 radical (unpaired) electrons. The number of Topliss-reactive ketones (excluding diaryl/α,β-unsaturated/α-hetero) is 1. The van der Waals surface area contributed by atoms with Gasteiger partial charge in [-0.3, -0.25) is 24.4 Å². The summed E-state index contributed by atoms with van der Waals surface area (Å²) in [5.41, 5.74) is 5.33. The van der Waals surface area contributed by atoms with Crippen LogP contribution in [0.4, 0.5) is 0 Å². The van der Waals surface area contributed by atoms with E-state index >= 15 is 0 Å². The first-order valence-corrected chi connectivity index (χ1v) is 11.9. The average molecular weight is 475 g/mol. The summed E-state index contributed by atoms with van der Waals surface area (Å²) in [4.78, 5) is 47.0. The molecule has 0 fully saturated rings. The molecule has 0 aliphatic heterocycles. The fourth-order valence-electron chi connectivity index (χ4n) is 4.39. The minimum atomic E-state index is -0.682. The van der Waals surface area contributed by atoms with E-state index in [9.17, 15) is 14.4 Å². The van der Waals surface area contributed by atoms with Gasteiger partial charge in [-0.2, -0.15) is 0 Å². The highest BCUT2D eigenvalue weighted by Crippen LogP contribution is 2.29. The second kappa shape index (κ2) is 11.2. The average Bonchev–Trinajstić information content (AvgIpc) is 2.77. The largest absolute Gasteiger partial charge is 0.347 e. The smallest absolute Gasteiger partial charge is 0.251 e. The van der Waals surface area contributed by atoms with Crippen LogP contribution in [0.25, 0.3) is 11.1 Å². The van der Waals surface area contributed by atoms with Gasteiger partial charge in [0.15, 0.2) is 0 Å². The van der Waals surface area contributed by atoms with Crippen LogP contribution in [0.2, 0.25) is 0 Å². The molecule has 3 aromatic heterocycles. The monoisotopic (exact) mass is 474 g/mol. The highest BCUT2D eigenvalue weighted by Gasteiger charge is 2.26. The molecule has 3 aromatic rings. The van der Waals surface area contributed by atoms with Crippen LogP contribution in [-0.4, -0.2) is 26.2 Å². The van der Waals surface area contributed by atoms with Gasteiger partial charge in [-0.25, -0.2) is 0 Å². The Morgan fingerprint density at radius 1 is 1.00 bits per heavy atom. The topological polar surface area (TPSA) is 94.0 Å². The van der Waals surface area contributed by atoms with Crippen molar-refractivity contribution in [2.24, 2.45) is 5.92 Å². The number of ketones is 1. The van der Waals surface area contributed by atoms with E-state index in [2.05, 4.69) is 15.3 Å². The van der Waals surface area contributed by atoms with Gasteiger partial charge >= 0.3 is 0 Å². The summed E-state index contributed by atoms with van der Waals surface area (Å²) in [5, 5.41) is 3.05. The molecule has 0 spiro atoms. The van der Waals surface area contributed by atoms with Crippen molar-refractivity contribution in [3.63, 3.8) is 0 Å². The molecular weight excluding hydrogens is 440 g/mol. The van der Waals surface area contributed by atoms with E-state index < -0.39 is 12.1 Å². The fraction of sp³-hybridized carbons (Fsp3) is 0.393. The van der Waals surface area contributed by atoms with E-state index in [0.717, 1.165) is 33.4 Å². The van der Waals surface area contributed by atoms with E-state index in [-0.39, 0.29) is 29.6 Å². The third-order valence-electron chi connectivity index (χ3n) is 6.02. The molecule has 3 heterocycles. The zero-order valence-electron chi connectivity index (χ0n) is 21.3. The van der Waals surface area contributed by atoms with Crippen molar-refractivity contribution in [3.05, 3.63) is 81.8 Å². The Labute approximate surface area is 206 Å². The molecule has 1 N–H and O–H groups in total. The quantitative estimate of drug-likeness (QED) is 0.487. The zero-order valence-corrected chi connectivity index (χ0v) is 21.3. The van der Waals surface area contributed by atoms with E-state index in [4.69, 9.17) is 0 Å². The van der Waals surface area contributed by atoms with Gasteiger partial charge in [0.2, 0.25) is 5.91 Å². The Morgan fingerprint density at radius 3 is 2.26 bits per heavy atom. The third-order valence-corrected chi connectivity index (χ3v) is 6.02. The molecule has 0 saturated carbocycles. The first-order chi connectivity index (χ1) is 16.6. The SMILES string of the molecule is CC(=O)C[C@H](NC(=O)[C@@H](CC(C)C)n1ccc(C)cc1=O)c1cncc(-c2c(C)cncc2C)c1. The number of rotatable bonds is 9. The van der Waals surface area contributed by atoms with E-state index in [1.807, 2.05) is 46.8 Å². The molecule has 0 aromatic carbocycles. The van der Waals surface area contributed by atoms with Crippen molar-refractivity contribution in [2.75, 3.05) is 0 Å². The standard InChI is InChI=1S/C28H34N4O3/c1-17(2)9-25(32-8-7-18(3)10-26(32)34)28(35)31-24(11-21(6)33)22-12-23(16-30-15-22)27-19(4)13-29-14-20(27)5/h7-8,10,12-17,24-25H,9,11H2,1-6H3,(H,31,35)/t24-,25+/m0/s1. The number of aryl methyl sites for hydroxylation is 3. The Balaban J connectivity index is 1.98. The minimum Gasteiger partial charge on any atom is -0.347 e. The number of hydrogen-bond donors (Lipinski definition) is 1. The minimum absolute atomic E-state index is 0.0510. The number of amides is 1. The molecule has 1 amide bonds. The molecule has 3 rings (SSSR count). The summed E-state index contributed by atoms with van der Waals surface area (Å²) in [7, 11) is 0. The van der Waals surface area contributed by atoms with Crippen molar-refractivity contribution in [3.8, 4) is 11.1 Å². The van der Waals surface area contributed by atoms with Crippen LogP contribution in [0.15, 0.2) is 54.0 Å². The molecule has 0 saturated heterocycles. The van der Waals surface area contributed by atoms with Gasteiger partial charge < -0.3 is 9.88 Å². The highest BCUT2D eigenvalue weighted by atomic mass is 16.2. The number of nitrogens with zero attached hydrogens (tertiary/aromatic N) is 3. The predicted molar refractivity (Wildman–Crippen MR) is 137 cm³/mol. The molecule has 184 valence electrons. The molecule has 0 bridgehead atoms. The third kappa shape index (κ3) is 6.50.